The van der Waals surface area contributed by atoms with Crippen LogP contribution in [0, 0.1) is 12.8 Å². The second kappa shape index (κ2) is 7.81. The van der Waals surface area contributed by atoms with Gasteiger partial charge in [-0.15, -0.1) is 0 Å². The van der Waals surface area contributed by atoms with Gasteiger partial charge in [0.05, 0.1) is 12.8 Å². The van der Waals surface area contributed by atoms with Crippen LogP contribution in [0.4, 0.5) is 19.0 Å². The molecular formula is C20H24F3N5O2. The molecule has 30 heavy (non-hydrogen) atoms. The van der Waals surface area contributed by atoms with Gasteiger partial charge >= 0.3 is 6.18 Å². The first kappa shape index (κ1) is 20.5. The van der Waals surface area contributed by atoms with Gasteiger partial charge in [-0.05, 0) is 38.2 Å². The second-order valence-electron chi connectivity index (χ2n) is 7.88. The number of halogens is 3. The summed E-state index contributed by atoms with van der Waals surface area (Å²) < 4.78 is 47.0. The zero-order valence-corrected chi connectivity index (χ0v) is 16.8. The number of aromatic nitrogens is 3. The van der Waals surface area contributed by atoms with E-state index in [1.165, 1.54) is 13.3 Å². The topological polar surface area (TPSA) is 72.3 Å². The molecule has 1 fully saturated rings. The predicted molar refractivity (Wildman–Crippen MR) is 104 cm³/mol. The number of carbonyl (C=O) groups excluding carboxylic acids is 1. The maximum absolute atomic E-state index is 13.6. The summed E-state index contributed by atoms with van der Waals surface area (Å²) in [6.07, 6.45) is -1.61. The number of anilines is 1. The Morgan fingerprint density at radius 2 is 2.00 bits per heavy atom. The van der Waals surface area contributed by atoms with E-state index in [4.69, 9.17) is 4.74 Å². The molecule has 2 aromatic rings. The van der Waals surface area contributed by atoms with Crippen molar-refractivity contribution in [3.63, 3.8) is 0 Å². The molecule has 2 aliphatic heterocycles. The molecule has 0 unspecified atom stereocenters. The van der Waals surface area contributed by atoms with Gasteiger partial charge < -0.3 is 15.0 Å². The molecule has 10 heteroatoms. The van der Waals surface area contributed by atoms with Crippen molar-refractivity contribution < 1.29 is 22.7 Å². The number of methoxy groups -OCH3 is 1. The molecule has 0 spiro atoms. The number of fused-ring (bicyclic) bond motifs is 1. The van der Waals surface area contributed by atoms with Gasteiger partial charge in [-0.25, -0.2) is 9.67 Å². The highest BCUT2D eigenvalue weighted by atomic mass is 19.4. The summed E-state index contributed by atoms with van der Waals surface area (Å²) in [5, 5.41) is 7.28. The molecule has 0 saturated carbocycles. The fourth-order valence-corrected chi connectivity index (χ4v) is 4.38. The fraction of sp³-hybridized carbons (Fsp3) is 0.550. The maximum Gasteiger partial charge on any atom is 0.410 e. The first-order chi connectivity index (χ1) is 14.3. The van der Waals surface area contributed by atoms with E-state index in [1.807, 2.05) is 0 Å². The van der Waals surface area contributed by atoms with Gasteiger partial charge in [0.25, 0.3) is 5.91 Å². The van der Waals surface area contributed by atoms with Crippen LogP contribution in [0.2, 0.25) is 0 Å². The predicted octanol–water partition coefficient (Wildman–Crippen LogP) is 3.44. The van der Waals surface area contributed by atoms with Crippen LogP contribution in [0.1, 0.15) is 41.4 Å². The first-order valence-electron chi connectivity index (χ1n) is 9.95. The third kappa shape index (κ3) is 3.95. The number of alkyl halides is 3. The monoisotopic (exact) mass is 423 g/mol. The number of hydrogen-bond acceptors (Lipinski definition) is 5. The number of piperidine rings is 1. The molecule has 2 aromatic heterocycles. The zero-order valence-electron chi connectivity index (χ0n) is 16.8. The number of hydrogen-bond donors (Lipinski definition) is 1. The summed E-state index contributed by atoms with van der Waals surface area (Å²) in [6.45, 7) is 2.69. The lowest BCUT2D eigenvalue weighted by Gasteiger charge is -2.41. The normalized spacial score (nSPS) is 22.4. The minimum atomic E-state index is -4.36. The number of rotatable bonds is 3. The van der Waals surface area contributed by atoms with Crippen LogP contribution >= 0.6 is 0 Å². The van der Waals surface area contributed by atoms with Crippen molar-refractivity contribution in [2.24, 2.45) is 5.92 Å². The highest BCUT2D eigenvalue weighted by Gasteiger charge is 2.47. The van der Waals surface area contributed by atoms with Crippen molar-refractivity contribution in [1.29, 1.82) is 0 Å². The minimum Gasteiger partial charge on any atom is -0.481 e. The van der Waals surface area contributed by atoms with Crippen LogP contribution in [-0.4, -0.2) is 58.0 Å². The van der Waals surface area contributed by atoms with Gasteiger partial charge in [-0.1, -0.05) is 0 Å². The van der Waals surface area contributed by atoms with E-state index in [1.54, 1.807) is 30.0 Å². The molecule has 1 amide bonds. The van der Waals surface area contributed by atoms with E-state index in [-0.39, 0.29) is 24.3 Å². The summed E-state index contributed by atoms with van der Waals surface area (Å²) >= 11 is 0. The van der Waals surface area contributed by atoms with Gasteiger partial charge in [0.15, 0.2) is 6.04 Å². The van der Waals surface area contributed by atoms with Crippen LogP contribution < -0.4 is 10.1 Å². The standard InChI is InChI=1S/C20H24F3N5O2/c1-12-9-17-25-15(11-16(20(21,22)23)28(17)26-12)13-4-7-27(8-5-13)19(29)14-3-6-24-18(10-14)30-2/h3,6,9-10,13,15-16,25H,4-5,7-8,11H2,1-2H3/t15-,16+/m0/s1. The van der Waals surface area contributed by atoms with Crippen molar-refractivity contribution in [3.05, 3.63) is 35.7 Å². The molecule has 0 radical (unpaired) electrons. The summed E-state index contributed by atoms with van der Waals surface area (Å²) in [6, 6.07) is 2.95. The van der Waals surface area contributed by atoms with Gasteiger partial charge in [-0.3, -0.25) is 4.79 Å². The van der Waals surface area contributed by atoms with Gasteiger partial charge in [0, 0.05) is 43.0 Å². The van der Waals surface area contributed by atoms with Crippen LogP contribution in [0.5, 0.6) is 5.88 Å². The molecule has 162 valence electrons. The quantitative estimate of drug-likeness (QED) is 0.819. The largest absolute Gasteiger partial charge is 0.481 e. The zero-order chi connectivity index (χ0) is 21.5. The van der Waals surface area contributed by atoms with Gasteiger partial charge in [0.2, 0.25) is 5.88 Å². The molecule has 4 heterocycles. The number of nitrogens with zero attached hydrogens (tertiary/aromatic N) is 4. The Labute approximate surface area is 172 Å². The van der Waals surface area contributed by atoms with Crippen molar-refractivity contribution in [2.45, 2.75) is 44.4 Å². The number of ether oxygens (including phenoxy) is 1. The average Bonchev–Trinajstić information content (AvgIpc) is 3.11. The molecule has 2 aliphatic rings. The van der Waals surface area contributed by atoms with Crippen molar-refractivity contribution in [2.75, 3.05) is 25.5 Å². The fourth-order valence-electron chi connectivity index (χ4n) is 4.38. The Morgan fingerprint density at radius 1 is 1.27 bits per heavy atom. The van der Waals surface area contributed by atoms with Gasteiger partial charge in [-0.2, -0.15) is 18.3 Å². The summed E-state index contributed by atoms with van der Waals surface area (Å²) in [7, 11) is 1.49. The van der Waals surface area contributed by atoms with Crippen molar-refractivity contribution in [3.8, 4) is 5.88 Å². The third-order valence-electron chi connectivity index (χ3n) is 5.93. The minimum absolute atomic E-state index is 0.0508. The first-order valence-corrected chi connectivity index (χ1v) is 9.95. The summed E-state index contributed by atoms with van der Waals surface area (Å²) in [4.78, 5) is 18.5. The van der Waals surface area contributed by atoms with Crippen molar-refractivity contribution >= 4 is 11.7 Å². The third-order valence-corrected chi connectivity index (χ3v) is 5.93. The highest BCUT2D eigenvalue weighted by molar-refractivity contribution is 5.94. The molecular weight excluding hydrogens is 399 g/mol. The Hall–Kier alpha value is -2.78. The summed E-state index contributed by atoms with van der Waals surface area (Å²) in [5.41, 5.74) is 1.05. The van der Waals surface area contributed by atoms with E-state index >= 15 is 0 Å². The maximum atomic E-state index is 13.6. The molecule has 2 atom stereocenters. The van der Waals surface area contributed by atoms with E-state index in [0.29, 0.717) is 48.9 Å². The molecule has 4 rings (SSSR count). The average molecular weight is 423 g/mol. The SMILES string of the molecule is COc1cc(C(=O)N2CCC([C@@H]3C[C@H](C(F)(F)F)n4nc(C)cc4N3)CC2)ccn1. The number of likely N-dealkylation sites (tertiary alicyclic amines) is 1. The smallest absolute Gasteiger partial charge is 0.410 e. The van der Waals surface area contributed by atoms with Crippen LogP contribution in [0.25, 0.3) is 0 Å². The molecule has 1 saturated heterocycles. The molecule has 0 aliphatic carbocycles. The number of amides is 1. The Kier molecular flexibility index (Phi) is 5.33. The number of carbonyl (C=O) groups is 1. The van der Waals surface area contributed by atoms with Crippen LogP contribution in [0.15, 0.2) is 24.4 Å². The van der Waals surface area contributed by atoms with Crippen LogP contribution in [0.3, 0.4) is 0 Å². The van der Waals surface area contributed by atoms with E-state index in [9.17, 15) is 18.0 Å². The summed E-state index contributed by atoms with van der Waals surface area (Å²) in [5.74, 6) is 0.711. The number of pyridine rings is 1. The molecule has 7 nitrogen and oxygen atoms in total. The van der Waals surface area contributed by atoms with E-state index < -0.39 is 12.2 Å². The van der Waals surface area contributed by atoms with Gasteiger partial charge in [0.1, 0.15) is 5.82 Å². The molecule has 1 N–H and O–H groups in total. The van der Waals surface area contributed by atoms with E-state index in [0.717, 1.165) is 4.68 Å². The Morgan fingerprint density at radius 3 is 2.67 bits per heavy atom. The van der Waals surface area contributed by atoms with Crippen molar-refractivity contribution in [1.82, 2.24) is 19.7 Å². The second-order valence-corrected chi connectivity index (χ2v) is 7.88. The Balaban J connectivity index is 1.43. The lowest BCUT2D eigenvalue weighted by molar-refractivity contribution is -0.174. The molecule has 0 aromatic carbocycles. The highest BCUT2D eigenvalue weighted by Crippen LogP contribution is 2.42. The lowest BCUT2D eigenvalue weighted by atomic mass is 9.84. The number of aryl methyl sites for hydroxylation is 1. The molecule has 0 bridgehead atoms. The Bertz CT molecular complexity index is 921. The van der Waals surface area contributed by atoms with E-state index in [2.05, 4.69) is 15.4 Å². The van der Waals surface area contributed by atoms with Crippen LogP contribution in [-0.2, 0) is 0 Å². The number of nitrogens with one attached hydrogen (secondary N) is 1. The lowest BCUT2D eigenvalue weighted by Crippen LogP contribution is -2.47.